The first-order valence-electron chi connectivity index (χ1n) is 5.16. The molecule has 1 rings (SSSR count). The molecule has 1 saturated heterocycles. The van der Waals surface area contributed by atoms with Crippen LogP contribution in [0.1, 0.15) is 13.3 Å². The fraction of sp³-hybridized carbons (Fsp3) is 1.00. The molecule has 0 aliphatic carbocycles. The quantitative estimate of drug-likeness (QED) is 0.707. The minimum Gasteiger partial charge on any atom is -0.312 e. The Morgan fingerprint density at radius 1 is 1.50 bits per heavy atom. The molecule has 84 valence electrons. The highest BCUT2D eigenvalue weighted by molar-refractivity contribution is 7.91. The predicted octanol–water partition coefficient (Wildman–Crippen LogP) is -0.285. The molecule has 1 heterocycles. The summed E-state index contributed by atoms with van der Waals surface area (Å²) < 4.78 is 22.6. The maximum atomic E-state index is 11.3. The molecule has 0 aromatic carbocycles. The van der Waals surface area contributed by atoms with Gasteiger partial charge in [0.25, 0.3) is 0 Å². The van der Waals surface area contributed by atoms with Gasteiger partial charge in [0.2, 0.25) is 0 Å². The van der Waals surface area contributed by atoms with Crippen LogP contribution < -0.4 is 5.32 Å². The molecule has 0 bridgehead atoms. The van der Waals surface area contributed by atoms with Crippen LogP contribution in [0.5, 0.6) is 0 Å². The lowest BCUT2D eigenvalue weighted by Gasteiger charge is -2.25. The average Bonchev–Trinajstić information content (AvgIpc) is 2.12. The Hall–Kier alpha value is -0.130. The van der Waals surface area contributed by atoms with Crippen LogP contribution in [0.2, 0.25) is 0 Å². The van der Waals surface area contributed by atoms with Crippen LogP contribution in [-0.4, -0.2) is 57.5 Å². The Morgan fingerprint density at radius 3 is 2.79 bits per heavy atom. The standard InChI is InChI=1S/C9H20N2O2S/c1-3-11(2)6-4-9-8-14(12,13)7-5-10-9/h9-10H,3-8H2,1-2H3. The zero-order chi connectivity index (χ0) is 10.6. The molecule has 4 nitrogen and oxygen atoms in total. The second-order valence-corrected chi connectivity index (χ2v) is 6.18. The van der Waals surface area contributed by atoms with Gasteiger partial charge in [-0.1, -0.05) is 6.92 Å². The molecule has 0 aromatic heterocycles. The van der Waals surface area contributed by atoms with E-state index in [9.17, 15) is 8.42 Å². The normalized spacial score (nSPS) is 26.6. The van der Waals surface area contributed by atoms with Crippen molar-refractivity contribution in [2.75, 3.05) is 38.2 Å². The molecule has 0 radical (unpaired) electrons. The summed E-state index contributed by atoms with van der Waals surface area (Å²) in [6, 6.07) is 0.155. The van der Waals surface area contributed by atoms with Crippen molar-refractivity contribution in [1.82, 2.24) is 10.2 Å². The third-order valence-electron chi connectivity index (χ3n) is 2.70. The van der Waals surface area contributed by atoms with Gasteiger partial charge in [0.05, 0.1) is 11.5 Å². The number of nitrogens with zero attached hydrogens (tertiary/aromatic N) is 1. The molecule has 1 atom stereocenters. The lowest BCUT2D eigenvalue weighted by molar-refractivity contribution is 0.325. The summed E-state index contributed by atoms with van der Waals surface area (Å²) in [6.07, 6.45) is 0.920. The van der Waals surface area contributed by atoms with Crippen LogP contribution in [0.15, 0.2) is 0 Å². The van der Waals surface area contributed by atoms with Crippen LogP contribution in [0, 0.1) is 0 Å². The van der Waals surface area contributed by atoms with Gasteiger partial charge in [0.1, 0.15) is 0 Å². The monoisotopic (exact) mass is 220 g/mol. The summed E-state index contributed by atoms with van der Waals surface area (Å²) >= 11 is 0. The molecule has 0 spiro atoms. The lowest BCUT2D eigenvalue weighted by Crippen LogP contribution is -2.46. The lowest BCUT2D eigenvalue weighted by atomic mass is 10.2. The summed E-state index contributed by atoms with van der Waals surface area (Å²) in [5, 5.41) is 3.25. The summed E-state index contributed by atoms with van der Waals surface area (Å²) in [4.78, 5) is 2.20. The largest absolute Gasteiger partial charge is 0.312 e. The molecule has 1 unspecified atom stereocenters. The second-order valence-electron chi connectivity index (χ2n) is 3.95. The summed E-state index contributed by atoms with van der Waals surface area (Å²) in [6.45, 7) is 4.69. The molecule has 0 saturated carbocycles. The van der Waals surface area contributed by atoms with E-state index < -0.39 is 9.84 Å². The van der Waals surface area contributed by atoms with Crippen molar-refractivity contribution in [2.45, 2.75) is 19.4 Å². The van der Waals surface area contributed by atoms with Crippen molar-refractivity contribution in [3.8, 4) is 0 Å². The average molecular weight is 220 g/mol. The molecule has 5 heteroatoms. The highest BCUT2D eigenvalue weighted by Crippen LogP contribution is 2.05. The number of sulfone groups is 1. The summed E-state index contributed by atoms with van der Waals surface area (Å²) in [5.41, 5.74) is 0. The van der Waals surface area contributed by atoms with E-state index in [1.54, 1.807) is 0 Å². The smallest absolute Gasteiger partial charge is 0.153 e. The summed E-state index contributed by atoms with van der Waals surface area (Å²) in [7, 11) is -0.715. The predicted molar refractivity (Wildman–Crippen MR) is 58.2 cm³/mol. The van der Waals surface area contributed by atoms with Gasteiger partial charge in [-0.2, -0.15) is 0 Å². The van der Waals surface area contributed by atoms with E-state index in [4.69, 9.17) is 0 Å². The second kappa shape index (κ2) is 5.09. The van der Waals surface area contributed by atoms with Crippen molar-refractivity contribution in [3.63, 3.8) is 0 Å². The fourth-order valence-corrected chi connectivity index (χ4v) is 3.08. The van der Waals surface area contributed by atoms with E-state index in [1.165, 1.54) is 0 Å². The Labute approximate surface area is 86.6 Å². The minimum atomic E-state index is -2.77. The first kappa shape index (κ1) is 11.9. The third-order valence-corrected chi connectivity index (χ3v) is 4.44. The van der Waals surface area contributed by atoms with Crippen LogP contribution in [0.4, 0.5) is 0 Å². The molecule has 0 amide bonds. The van der Waals surface area contributed by atoms with Gasteiger partial charge in [0.15, 0.2) is 9.84 Å². The van der Waals surface area contributed by atoms with Crippen LogP contribution in [0.25, 0.3) is 0 Å². The van der Waals surface area contributed by atoms with Gasteiger partial charge in [-0.05, 0) is 26.6 Å². The van der Waals surface area contributed by atoms with Crippen molar-refractivity contribution >= 4 is 9.84 Å². The van der Waals surface area contributed by atoms with Gasteiger partial charge in [0, 0.05) is 12.6 Å². The Balaban J connectivity index is 2.31. The molecule has 1 fully saturated rings. The highest BCUT2D eigenvalue weighted by Gasteiger charge is 2.23. The maximum Gasteiger partial charge on any atom is 0.153 e. The molecule has 14 heavy (non-hydrogen) atoms. The van der Waals surface area contributed by atoms with Gasteiger partial charge in [-0.3, -0.25) is 0 Å². The molecular weight excluding hydrogens is 200 g/mol. The molecule has 1 aliphatic rings. The minimum absolute atomic E-state index is 0.155. The Bertz CT molecular complexity index is 264. The first-order chi connectivity index (χ1) is 6.53. The maximum absolute atomic E-state index is 11.3. The molecule has 1 aliphatic heterocycles. The molecule has 1 N–H and O–H groups in total. The van der Waals surface area contributed by atoms with Gasteiger partial charge in [-0.15, -0.1) is 0 Å². The topological polar surface area (TPSA) is 49.4 Å². The fourth-order valence-electron chi connectivity index (χ4n) is 1.59. The number of rotatable bonds is 4. The van der Waals surface area contributed by atoms with E-state index in [2.05, 4.69) is 24.2 Å². The van der Waals surface area contributed by atoms with Crippen molar-refractivity contribution < 1.29 is 8.42 Å². The Morgan fingerprint density at radius 2 is 2.21 bits per heavy atom. The van der Waals surface area contributed by atoms with Crippen LogP contribution >= 0.6 is 0 Å². The third kappa shape index (κ3) is 3.94. The highest BCUT2D eigenvalue weighted by atomic mass is 32.2. The van der Waals surface area contributed by atoms with Crippen LogP contribution in [0.3, 0.4) is 0 Å². The van der Waals surface area contributed by atoms with Gasteiger partial charge in [-0.25, -0.2) is 8.42 Å². The van der Waals surface area contributed by atoms with Crippen molar-refractivity contribution in [2.24, 2.45) is 0 Å². The summed E-state index contributed by atoms with van der Waals surface area (Å²) in [5.74, 6) is 0.609. The first-order valence-corrected chi connectivity index (χ1v) is 6.98. The molecule has 0 aromatic rings. The van der Waals surface area contributed by atoms with Gasteiger partial charge < -0.3 is 10.2 Å². The van der Waals surface area contributed by atoms with Crippen molar-refractivity contribution in [1.29, 1.82) is 0 Å². The van der Waals surface area contributed by atoms with E-state index in [-0.39, 0.29) is 6.04 Å². The number of nitrogens with one attached hydrogen (secondary N) is 1. The van der Waals surface area contributed by atoms with E-state index in [0.717, 1.165) is 19.5 Å². The zero-order valence-electron chi connectivity index (χ0n) is 8.99. The zero-order valence-corrected chi connectivity index (χ0v) is 9.81. The van der Waals surface area contributed by atoms with E-state index in [1.807, 2.05) is 0 Å². The number of hydrogen-bond donors (Lipinski definition) is 1. The van der Waals surface area contributed by atoms with Gasteiger partial charge >= 0.3 is 0 Å². The van der Waals surface area contributed by atoms with Crippen LogP contribution in [-0.2, 0) is 9.84 Å². The van der Waals surface area contributed by atoms with E-state index >= 15 is 0 Å². The number of hydrogen-bond acceptors (Lipinski definition) is 4. The molecular formula is C9H20N2O2S. The SMILES string of the molecule is CCN(C)CCC1CS(=O)(=O)CCN1. The van der Waals surface area contributed by atoms with Crippen molar-refractivity contribution in [3.05, 3.63) is 0 Å². The Kier molecular flexibility index (Phi) is 4.34. The van der Waals surface area contributed by atoms with E-state index in [0.29, 0.717) is 18.1 Å².